The van der Waals surface area contributed by atoms with Gasteiger partial charge in [-0.25, -0.2) is 0 Å². The van der Waals surface area contributed by atoms with E-state index in [0.717, 1.165) is 48.2 Å². The first kappa shape index (κ1) is 28.9. The van der Waals surface area contributed by atoms with E-state index < -0.39 is 16.1 Å². The summed E-state index contributed by atoms with van der Waals surface area (Å²) in [5.41, 5.74) is 2.58. The number of piperidine rings is 1. The standard InChI is InChI=1S/C31H29N3O7S/c1-40-27-17-22(18-28-30(36)33(31(37)42-28)19-23-6-5-7-25(16-23)34(38)39)10-13-26(27)41-20-21-8-11-24(12-9-21)29(35)32-14-3-2-4-15-32/h5-13,16-18H,2-4,14-15,19-20H2,1H3/b28-18-. The third kappa shape index (κ3) is 6.63. The first-order chi connectivity index (χ1) is 20.3. The Bertz CT molecular complexity index is 1550. The minimum absolute atomic E-state index is 0.0568. The second kappa shape index (κ2) is 12.9. The quantitative estimate of drug-likeness (QED) is 0.169. The van der Waals surface area contributed by atoms with E-state index in [4.69, 9.17) is 9.47 Å². The molecule has 0 spiro atoms. The second-order valence-electron chi connectivity index (χ2n) is 9.94. The molecule has 42 heavy (non-hydrogen) atoms. The van der Waals surface area contributed by atoms with E-state index in [1.165, 1.54) is 31.7 Å². The van der Waals surface area contributed by atoms with Gasteiger partial charge in [0.2, 0.25) is 0 Å². The van der Waals surface area contributed by atoms with Crippen molar-refractivity contribution in [3.8, 4) is 11.5 Å². The highest BCUT2D eigenvalue weighted by Gasteiger charge is 2.35. The maximum absolute atomic E-state index is 13.0. The molecule has 0 radical (unpaired) electrons. The number of imide groups is 1. The van der Waals surface area contributed by atoms with E-state index in [1.54, 1.807) is 30.3 Å². The number of amides is 3. The zero-order chi connectivity index (χ0) is 29.6. The van der Waals surface area contributed by atoms with Gasteiger partial charge in [-0.15, -0.1) is 0 Å². The molecule has 3 amide bonds. The Hall–Kier alpha value is -4.64. The fourth-order valence-corrected chi connectivity index (χ4v) is 5.65. The van der Waals surface area contributed by atoms with Gasteiger partial charge in [0.15, 0.2) is 11.5 Å². The Balaban J connectivity index is 1.22. The number of thioether (sulfide) groups is 1. The summed E-state index contributed by atoms with van der Waals surface area (Å²) in [7, 11) is 1.51. The van der Waals surface area contributed by atoms with Crippen LogP contribution in [0.2, 0.25) is 0 Å². The molecule has 10 nitrogen and oxygen atoms in total. The van der Waals surface area contributed by atoms with E-state index >= 15 is 0 Å². The summed E-state index contributed by atoms with van der Waals surface area (Å²) >= 11 is 0.809. The van der Waals surface area contributed by atoms with Gasteiger partial charge in [-0.1, -0.05) is 30.3 Å². The van der Waals surface area contributed by atoms with E-state index in [2.05, 4.69) is 0 Å². The molecule has 0 atom stereocenters. The molecule has 2 fully saturated rings. The Morgan fingerprint density at radius 3 is 2.45 bits per heavy atom. The minimum atomic E-state index is -0.521. The molecule has 2 aliphatic rings. The van der Waals surface area contributed by atoms with Gasteiger partial charge >= 0.3 is 0 Å². The molecule has 0 saturated carbocycles. The highest BCUT2D eigenvalue weighted by Crippen LogP contribution is 2.35. The number of nitrogens with zero attached hydrogens (tertiary/aromatic N) is 3. The van der Waals surface area contributed by atoms with Gasteiger partial charge in [0, 0.05) is 30.8 Å². The zero-order valence-electron chi connectivity index (χ0n) is 23.0. The van der Waals surface area contributed by atoms with E-state index in [0.29, 0.717) is 28.2 Å². The Morgan fingerprint density at radius 1 is 0.976 bits per heavy atom. The van der Waals surface area contributed by atoms with Crippen LogP contribution in [-0.4, -0.2) is 52.0 Å². The van der Waals surface area contributed by atoms with Gasteiger partial charge < -0.3 is 14.4 Å². The van der Waals surface area contributed by atoms with Gasteiger partial charge in [-0.05, 0) is 78.1 Å². The number of hydrogen-bond donors (Lipinski definition) is 0. The predicted octanol–water partition coefficient (Wildman–Crippen LogP) is 6.05. The fourth-order valence-electron chi connectivity index (χ4n) is 4.82. The molecule has 0 N–H and O–H groups in total. The number of non-ortho nitro benzene ring substituents is 1. The average molecular weight is 588 g/mol. The van der Waals surface area contributed by atoms with Gasteiger partial charge in [0.1, 0.15) is 6.61 Å². The lowest BCUT2D eigenvalue weighted by Crippen LogP contribution is -2.35. The van der Waals surface area contributed by atoms with Crippen molar-refractivity contribution >= 4 is 40.6 Å². The summed E-state index contributed by atoms with van der Waals surface area (Å²) in [6.07, 6.45) is 4.86. The highest BCUT2D eigenvalue weighted by molar-refractivity contribution is 8.18. The molecule has 2 heterocycles. The van der Waals surface area contributed by atoms with Crippen LogP contribution in [0.4, 0.5) is 10.5 Å². The molecule has 3 aromatic carbocycles. The first-order valence-electron chi connectivity index (χ1n) is 13.5. The maximum atomic E-state index is 13.0. The molecule has 3 aromatic rings. The monoisotopic (exact) mass is 587 g/mol. The summed E-state index contributed by atoms with van der Waals surface area (Å²) in [4.78, 5) is 52.0. The van der Waals surface area contributed by atoms with Crippen LogP contribution in [0.3, 0.4) is 0 Å². The second-order valence-corrected chi connectivity index (χ2v) is 10.9. The number of nitro benzene ring substituents is 1. The summed E-state index contributed by atoms with van der Waals surface area (Å²) < 4.78 is 11.5. The van der Waals surface area contributed by atoms with E-state index in [1.807, 2.05) is 29.2 Å². The van der Waals surface area contributed by atoms with Gasteiger partial charge in [-0.3, -0.25) is 29.4 Å². The predicted molar refractivity (Wildman–Crippen MR) is 158 cm³/mol. The van der Waals surface area contributed by atoms with Crippen molar-refractivity contribution in [2.24, 2.45) is 0 Å². The summed E-state index contributed by atoms with van der Waals surface area (Å²) in [6, 6.07) is 18.4. The molecule has 0 bridgehead atoms. The van der Waals surface area contributed by atoms with Crippen molar-refractivity contribution < 1.29 is 28.8 Å². The van der Waals surface area contributed by atoms with Crippen LogP contribution in [0.1, 0.15) is 46.3 Å². The number of methoxy groups -OCH3 is 1. The Labute approximate surface area is 247 Å². The average Bonchev–Trinajstić information content (AvgIpc) is 3.27. The largest absolute Gasteiger partial charge is 0.493 e. The number of likely N-dealkylation sites (tertiary alicyclic amines) is 1. The normalized spacial score (nSPS) is 16.2. The van der Waals surface area contributed by atoms with Crippen molar-refractivity contribution in [1.29, 1.82) is 0 Å². The fraction of sp³-hybridized carbons (Fsp3) is 0.258. The van der Waals surface area contributed by atoms with E-state index in [-0.39, 0.29) is 29.7 Å². The third-order valence-electron chi connectivity index (χ3n) is 7.06. The minimum Gasteiger partial charge on any atom is -0.493 e. The van der Waals surface area contributed by atoms with Crippen LogP contribution >= 0.6 is 11.8 Å². The number of carbonyl (C=O) groups excluding carboxylic acids is 3. The van der Waals surface area contributed by atoms with Crippen LogP contribution in [0.25, 0.3) is 6.08 Å². The van der Waals surface area contributed by atoms with E-state index in [9.17, 15) is 24.5 Å². The third-order valence-corrected chi connectivity index (χ3v) is 7.97. The number of rotatable bonds is 9. The molecule has 0 aliphatic carbocycles. The number of carbonyl (C=O) groups is 3. The van der Waals surface area contributed by atoms with Crippen LogP contribution < -0.4 is 9.47 Å². The molecule has 216 valence electrons. The molecule has 5 rings (SSSR count). The molecular weight excluding hydrogens is 558 g/mol. The summed E-state index contributed by atoms with van der Waals surface area (Å²) in [5.74, 6) is 0.540. The summed E-state index contributed by atoms with van der Waals surface area (Å²) in [6.45, 7) is 1.81. The number of nitro groups is 1. The molecule has 0 aromatic heterocycles. The lowest BCUT2D eigenvalue weighted by atomic mass is 10.1. The van der Waals surface area contributed by atoms with Gasteiger partial charge in [-0.2, -0.15) is 0 Å². The number of ether oxygens (including phenoxy) is 2. The van der Waals surface area contributed by atoms with Crippen LogP contribution in [0.5, 0.6) is 11.5 Å². The van der Waals surface area contributed by atoms with Crippen molar-refractivity contribution in [1.82, 2.24) is 9.80 Å². The number of hydrogen-bond acceptors (Lipinski definition) is 8. The molecule has 0 unspecified atom stereocenters. The Kier molecular flexibility index (Phi) is 8.87. The highest BCUT2D eigenvalue weighted by atomic mass is 32.2. The van der Waals surface area contributed by atoms with Crippen LogP contribution in [0, 0.1) is 10.1 Å². The lowest BCUT2D eigenvalue weighted by Gasteiger charge is -2.26. The number of benzene rings is 3. The first-order valence-corrected chi connectivity index (χ1v) is 14.3. The maximum Gasteiger partial charge on any atom is 0.293 e. The zero-order valence-corrected chi connectivity index (χ0v) is 23.8. The van der Waals surface area contributed by atoms with Crippen LogP contribution in [-0.2, 0) is 17.9 Å². The van der Waals surface area contributed by atoms with Crippen LogP contribution in [0.15, 0.2) is 71.6 Å². The van der Waals surface area contributed by atoms with Gasteiger partial charge in [0.05, 0.1) is 23.5 Å². The van der Waals surface area contributed by atoms with Gasteiger partial charge in [0.25, 0.3) is 22.7 Å². The SMILES string of the molecule is COc1cc(/C=C2\SC(=O)N(Cc3cccc([N+](=O)[O-])c3)C2=O)ccc1OCc1ccc(C(=O)N2CCCCC2)cc1. The topological polar surface area (TPSA) is 119 Å². The smallest absolute Gasteiger partial charge is 0.293 e. The molecule has 11 heteroatoms. The molecular formula is C31H29N3O7S. The lowest BCUT2D eigenvalue weighted by molar-refractivity contribution is -0.384. The summed E-state index contributed by atoms with van der Waals surface area (Å²) in [5, 5.41) is 10.6. The molecule has 2 aliphatic heterocycles. The van der Waals surface area contributed by atoms with Crippen molar-refractivity contribution in [2.45, 2.75) is 32.4 Å². The Morgan fingerprint density at radius 2 is 1.74 bits per heavy atom. The van der Waals surface area contributed by atoms with Crippen molar-refractivity contribution in [3.05, 3.63) is 104 Å². The molecule has 2 saturated heterocycles. The van der Waals surface area contributed by atoms with Crippen molar-refractivity contribution in [2.75, 3.05) is 20.2 Å². The van der Waals surface area contributed by atoms with Crippen molar-refractivity contribution in [3.63, 3.8) is 0 Å².